The van der Waals surface area contributed by atoms with Crippen molar-refractivity contribution in [3.63, 3.8) is 0 Å². The molecule has 0 fully saturated rings. The Balaban J connectivity index is 2.17. The van der Waals surface area contributed by atoms with Gasteiger partial charge in [-0.1, -0.05) is 49.0 Å². The number of H-pyrrole nitrogens is 1. The Kier molecular flexibility index (Phi) is 5.03. The first-order valence-electron chi connectivity index (χ1n) is 6.71. The van der Waals surface area contributed by atoms with E-state index < -0.39 is 0 Å². The molecule has 1 heterocycles. The topological polar surface area (TPSA) is 62.7 Å². The van der Waals surface area contributed by atoms with E-state index in [1.807, 2.05) is 32.2 Å². The normalized spacial score (nSPS) is 14.2. The third-order valence-corrected chi connectivity index (χ3v) is 4.44. The summed E-state index contributed by atoms with van der Waals surface area (Å²) in [5.74, 6) is 0. The smallest absolute Gasteiger partial charge is 0.312 e. The SMILES string of the molecule is CCn1c(SC(C)C(NC)c2ccccc2)n[nH]c1=O. The molecular weight excluding hydrogens is 272 g/mol. The number of aromatic amines is 1. The highest BCUT2D eigenvalue weighted by Gasteiger charge is 2.21. The van der Waals surface area contributed by atoms with E-state index in [4.69, 9.17) is 0 Å². The highest BCUT2D eigenvalue weighted by Crippen LogP contribution is 2.30. The van der Waals surface area contributed by atoms with Crippen molar-refractivity contribution >= 4 is 11.8 Å². The first kappa shape index (κ1) is 14.9. The molecule has 0 spiro atoms. The lowest BCUT2D eigenvalue weighted by molar-refractivity contribution is 0.584. The minimum atomic E-state index is -0.150. The van der Waals surface area contributed by atoms with Gasteiger partial charge in [0, 0.05) is 17.8 Å². The summed E-state index contributed by atoms with van der Waals surface area (Å²) in [5.41, 5.74) is 1.08. The van der Waals surface area contributed by atoms with Crippen LogP contribution in [0, 0.1) is 0 Å². The second-order valence-electron chi connectivity index (χ2n) is 4.56. The summed E-state index contributed by atoms with van der Waals surface area (Å²) >= 11 is 1.60. The molecule has 0 aliphatic heterocycles. The van der Waals surface area contributed by atoms with Gasteiger partial charge >= 0.3 is 5.69 Å². The number of rotatable bonds is 6. The fraction of sp³-hybridized carbons (Fsp3) is 0.429. The molecule has 0 aliphatic rings. The van der Waals surface area contributed by atoms with Crippen molar-refractivity contribution in [2.45, 2.75) is 36.8 Å². The zero-order chi connectivity index (χ0) is 14.5. The number of benzene rings is 1. The van der Waals surface area contributed by atoms with E-state index in [0.29, 0.717) is 6.54 Å². The largest absolute Gasteiger partial charge is 0.343 e. The van der Waals surface area contributed by atoms with Crippen LogP contribution >= 0.6 is 11.8 Å². The first-order chi connectivity index (χ1) is 9.67. The number of hydrogen-bond donors (Lipinski definition) is 2. The van der Waals surface area contributed by atoms with Gasteiger partial charge in [-0.3, -0.25) is 4.57 Å². The van der Waals surface area contributed by atoms with Crippen LogP contribution in [-0.2, 0) is 6.54 Å². The quantitative estimate of drug-likeness (QED) is 0.800. The average molecular weight is 292 g/mol. The first-order valence-corrected chi connectivity index (χ1v) is 7.59. The standard InChI is InChI=1S/C14H20N4OS/c1-4-18-13(19)16-17-14(18)20-10(2)12(15-3)11-8-6-5-7-9-11/h5-10,12,15H,4H2,1-3H3,(H,16,19). The number of nitrogens with one attached hydrogen (secondary N) is 2. The summed E-state index contributed by atoms with van der Waals surface area (Å²) in [4.78, 5) is 11.6. The van der Waals surface area contributed by atoms with Gasteiger partial charge in [0.2, 0.25) is 0 Å². The molecule has 0 saturated carbocycles. The molecule has 0 aliphatic carbocycles. The van der Waals surface area contributed by atoms with Gasteiger partial charge in [0.1, 0.15) is 0 Å². The van der Waals surface area contributed by atoms with Gasteiger partial charge in [-0.15, -0.1) is 5.10 Å². The molecule has 2 N–H and O–H groups in total. The van der Waals surface area contributed by atoms with E-state index in [-0.39, 0.29) is 17.0 Å². The van der Waals surface area contributed by atoms with E-state index in [0.717, 1.165) is 5.16 Å². The van der Waals surface area contributed by atoms with Gasteiger partial charge in [-0.25, -0.2) is 9.89 Å². The number of aromatic nitrogens is 3. The summed E-state index contributed by atoms with van der Waals surface area (Å²) in [6.07, 6.45) is 0. The Labute approximate surface area is 122 Å². The molecule has 2 aromatic rings. The van der Waals surface area contributed by atoms with Gasteiger partial charge in [0.15, 0.2) is 5.16 Å². The van der Waals surface area contributed by atoms with Crippen LogP contribution in [-0.4, -0.2) is 27.1 Å². The van der Waals surface area contributed by atoms with E-state index >= 15 is 0 Å². The Morgan fingerprint density at radius 2 is 2.10 bits per heavy atom. The Morgan fingerprint density at radius 3 is 2.70 bits per heavy atom. The van der Waals surface area contributed by atoms with Gasteiger partial charge in [0.05, 0.1) is 0 Å². The van der Waals surface area contributed by atoms with E-state index in [1.165, 1.54) is 5.56 Å². The molecule has 108 valence electrons. The van der Waals surface area contributed by atoms with Crippen molar-refractivity contribution in [1.82, 2.24) is 20.1 Å². The summed E-state index contributed by atoms with van der Waals surface area (Å²) in [6, 6.07) is 10.5. The minimum Gasteiger partial charge on any atom is -0.312 e. The minimum absolute atomic E-state index is 0.150. The summed E-state index contributed by atoms with van der Waals surface area (Å²) in [7, 11) is 1.95. The highest BCUT2D eigenvalue weighted by molar-refractivity contribution is 7.99. The highest BCUT2D eigenvalue weighted by atomic mass is 32.2. The fourth-order valence-corrected chi connectivity index (χ4v) is 3.44. The van der Waals surface area contributed by atoms with Crippen LogP contribution in [0.1, 0.15) is 25.5 Å². The van der Waals surface area contributed by atoms with Gasteiger partial charge in [-0.05, 0) is 19.5 Å². The zero-order valence-electron chi connectivity index (χ0n) is 12.0. The van der Waals surface area contributed by atoms with E-state index in [2.05, 4.69) is 34.6 Å². The second-order valence-corrected chi connectivity index (χ2v) is 5.90. The molecular formula is C14H20N4OS. The molecule has 2 unspecified atom stereocenters. The molecule has 20 heavy (non-hydrogen) atoms. The third-order valence-electron chi connectivity index (χ3n) is 3.27. The maximum atomic E-state index is 11.6. The predicted molar refractivity (Wildman–Crippen MR) is 82.1 cm³/mol. The number of hydrogen-bond acceptors (Lipinski definition) is 4. The fourth-order valence-electron chi connectivity index (χ4n) is 2.24. The summed E-state index contributed by atoms with van der Waals surface area (Å²) < 4.78 is 1.65. The number of nitrogens with zero attached hydrogens (tertiary/aromatic N) is 2. The summed E-state index contributed by atoms with van der Waals surface area (Å²) in [5, 5.41) is 10.9. The van der Waals surface area contributed by atoms with Gasteiger partial charge in [-0.2, -0.15) is 0 Å². The van der Waals surface area contributed by atoms with Crippen LogP contribution in [0.4, 0.5) is 0 Å². The van der Waals surface area contributed by atoms with Crippen LogP contribution in [0.5, 0.6) is 0 Å². The third kappa shape index (κ3) is 3.13. The van der Waals surface area contributed by atoms with Gasteiger partial charge < -0.3 is 5.32 Å². The maximum absolute atomic E-state index is 11.6. The van der Waals surface area contributed by atoms with E-state index in [1.54, 1.807) is 16.3 Å². The molecule has 0 bridgehead atoms. The molecule has 0 radical (unpaired) electrons. The van der Waals surface area contributed by atoms with Crippen LogP contribution < -0.4 is 11.0 Å². The van der Waals surface area contributed by atoms with Gasteiger partial charge in [0.25, 0.3) is 0 Å². The molecule has 2 atom stereocenters. The van der Waals surface area contributed by atoms with Crippen molar-refractivity contribution in [2.24, 2.45) is 0 Å². The van der Waals surface area contributed by atoms with E-state index in [9.17, 15) is 4.79 Å². The molecule has 1 aromatic heterocycles. The predicted octanol–water partition coefficient (Wildman–Crippen LogP) is 2.03. The summed E-state index contributed by atoms with van der Waals surface area (Å²) in [6.45, 7) is 4.70. The Morgan fingerprint density at radius 1 is 1.40 bits per heavy atom. The lowest BCUT2D eigenvalue weighted by Crippen LogP contribution is -2.26. The molecule has 2 rings (SSSR count). The second kappa shape index (κ2) is 6.76. The van der Waals surface area contributed by atoms with Crippen LogP contribution in [0.2, 0.25) is 0 Å². The molecule has 1 aromatic carbocycles. The van der Waals surface area contributed by atoms with Crippen LogP contribution in [0.25, 0.3) is 0 Å². The molecule has 0 saturated heterocycles. The van der Waals surface area contributed by atoms with Crippen molar-refractivity contribution in [2.75, 3.05) is 7.05 Å². The number of thioether (sulfide) groups is 1. The Hall–Kier alpha value is -1.53. The van der Waals surface area contributed by atoms with Crippen molar-refractivity contribution in [1.29, 1.82) is 0 Å². The lowest BCUT2D eigenvalue weighted by Gasteiger charge is -2.23. The lowest BCUT2D eigenvalue weighted by atomic mass is 10.0. The van der Waals surface area contributed by atoms with Crippen LogP contribution in [0.3, 0.4) is 0 Å². The Bertz CT molecular complexity index is 593. The molecule has 0 amide bonds. The van der Waals surface area contributed by atoms with Crippen molar-refractivity contribution in [3.8, 4) is 0 Å². The monoisotopic (exact) mass is 292 g/mol. The van der Waals surface area contributed by atoms with Crippen molar-refractivity contribution in [3.05, 3.63) is 46.4 Å². The van der Waals surface area contributed by atoms with Crippen molar-refractivity contribution < 1.29 is 0 Å². The molecule has 6 heteroatoms. The van der Waals surface area contributed by atoms with Crippen LogP contribution in [0.15, 0.2) is 40.3 Å². The zero-order valence-corrected chi connectivity index (χ0v) is 12.8. The maximum Gasteiger partial charge on any atom is 0.343 e. The average Bonchev–Trinajstić information content (AvgIpc) is 2.81. The molecule has 5 nitrogen and oxygen atoms in total.